The quantitative estimate of drug-likeness (QED) is 0.439. The Morgan fingerprint density at radius 1 is 0.625 bits per heavy atom. The molecule has 4 saturated carbocycles. The molecule has 0 aromatic carbocycles. The normalized spacial score (nSPS) is 87.0. The number of hydrogen-bond acceptors (Lipinski definition) is 0. The number of rotatable bonds is 0. The molecule has 0 radical (unpaired) electrons. The third kappa shape index (κ3) is 0.146. The second kappa shape index (κ2) is 0.630. The van der Waals surface area contributed by atoms with Crippen LogP contribution in [-0.4, -0.2) is 0 Å². The van der Waals surface area contributed by atoms with Crippen molar-refractivity contribution in [3.8, 4) is 0 Å². The first-order valence-electron chi connectivity index (χ1n) is 3.97. The van der Waals surface area contributed by atoms with E-state index < -0.39 is 0 Å². The SMILES string of the molecule is C1C2C3C4C1[C@@H]4C[C@H]23. The zero-order chi connectivity index (χ0) is 4.88. The van der Waals surface area contributed by atoms with Crippen LogP contribution in [0.4, 0.5) is 0 Å². The Morgan fingerprint density at radius 3 is 1.12 bits per heavy atom. The summed E-state index contributed by atoms with van der Waals surface area (Å²) in [7, 11) is 0. The van der Waals surface area contributed by atoms with Gasteiger partial charge in [0.15, 0.2) is 0 Å². The van der Waals surface area contributed by atoms with Crippen molar-refractivity contribution in [2.24, 2.45) is 35.5 Å². The number of hydrogen-bond donors (Lipinski definition) is 0. The lowest BCUT2D eigenvalue weighted by Gasteiger charge is -2.04. The molecular formula is C8H10. The van der Waals surface area contributed by atoms with Gasteiger partial charge in [0.1, 0.15) is 0 Å². The molecule has 0 bridgehead atoms. The van der Waals surface area contributed by atoms with Crippen LogP contribution < -0.4 is 0 Å². The summed E-state index contributed by atoms with van der Waals surface area (Å²) in [5, 5.41) is 0. The molecule has 42 valence electrons. The van der Waals surface area contributed by atoms with Gasteiger partial charge in [-0.15, -0.1) is 0 Å². The Labute approximate surface area is 49.3 Å². The first-order chi connectivity index (χ1) is 3.97. The molecule has 4 unspecified atom stereocenters. The molecule has 0 aliphatic heterocycles. The minimum Gasteiger partial charge on any atom is -0.0465 e. The van der Waals surface area contributed by atoms with Gasteiger partial charge in [-0.05, 0) is 48.3 Å². The van der Waals surface area contributed by atoms with Gasteiger partial charge >= 0.3 is 0 Å². The average Bonchev–Trinajstić information content (AvgIpc) is 2.56. The zero-order valence-corrected chi connectivity index (χ0v) is 4.88. The van der Waals surface area contributed by atoms with Crippen LogP contribution in [0.5, 0.6) is 0 Å². The molecule has 0 nitrogen and oxygen atoms in total. The fourth-order valence-corrected chi connectivity index (χ4v) is 4.05. The zero-order valence-electron chi connectivity index (χ0n) is 4.88. The monoisotopic (exact) mass is 106 g/mol. The standard InChI is InChI=1S/C8H10/c1-3-5-2-6-4(1)8(6)7(3)5/h3-8H,1-2H2/t3-,4+,5?,6?,7?,8?. The molecule has 8 heavy (non-hydrogen) atoms. The van der Waals surface area contributed by atoms with Crippen LogP contribution in [0.25, 0.3) is 0 Å². The van der Waals surface area contributed by atoms with Gasteiger partial charge < -0.3 is 0 Å². The summed E-state index contributed by atoms with van der Waals surface area (Å²) >= 11 is 0. The van der Waals surface area contributed by atoms with E-state index in [4.69, 9.17) is 0 Å². The molecule has 0 aromatic heterocycles. The Kier molecular flexibility index (Phi) is 0.255. The summed E-state index contributed by atoms with van der Waals surface area (Å²) in [5.74, 6) is 7.69. The van der Waals surface area contributed by atoms with E-state index in [0.29, 0.717) is 0 Å². The van der Waals surface area contributed by atoms with Gasteiger partial charge in [0.25, 0.3) is 0 Å². The van der Waals surface area contributed by atoms with Crippen molar-refractivity contribution in [2.45, 2.75) is 12.8 Å². The van der Waals surface area contributed by atoms with E-state index in [1.54, 1.807) is 12.8 Å². The minimum absolute atomic E-state index is 1.27. The van der Waals surface area contributed by atoms with Crippen molar-refractivity contribution in [1.82, 2.24) is 0 Å². The van der Waals surface area contributed by atoms with Gasteiger partial charge in [0, 0.05) is 0 Å². The van der Waals surface area contributed by atoms with Crippen molar-refractivity contribution in [2.75, 3.05) is 0 Å². The van der Waals surface area contributed by atoms with Crippen molar-refractivity contribution < 1.29 is 0 Å². The first kappa shape index (κ1) is 3.24. The lowest BCUT2D eigenvalue weighted by atomic mass is 10.0. The van der Waals surface area contributed by atoms with Crippen molar-refractivity contribution in [3.63, 3.8) is 0 Å². The summed E-state index contributed by atoms with van der Waals surface area (Å²) in [6, 6.07) is 0. The summed E-state index contributed by atoms with van der Waals surface area (Å²) < 4.78 is 0. The van der Waals surface area contributed by atoms with Gasteiger partial charge in [0.2, 0.25) is 0 Å². The topological polar surface area (TPSA) is 0 Å². The largest absolute Gasteiger partial charge is 0.0465 e. The van der Waals surface area contributed by atoms with Gasteiger partial charge in [-0.3, -0.25) is 0 Å². The molecule has 0 amide bonds. The van der Waals surface area contributed by atoms with Crippen LogP contribution in [0.2, 0.25) is 0 Å². The van der Waals surface area contributed by atoms with Gasteiger partial charge in [-0.1, -0.05) is 0 Å². The van der Waals surface area contributed by atoms with Crippen LogP contribution in [0.3, 0.4) is 0 Å². The van der Waals surface area contributed by atoms with Crippen LogP contribution in [0.15, 0.2) is 0 Å². The van der Waals surface area contributed by atoms with E-state index in [1.807, 2.05) is 0 Å². The molecular weight excluding hydrogens is 96.1 g/mol. The van der Waals surface area contributed by atoms with Crippen molar-refractivity contribution in [1.29, 1.82) is 0 Å². The highest BCUT2D eigenvalue weighted by molar-refractivity contribution is 5.26. The van der Waals surface area contributed by atoms with Crippen LogP contribution in [-0.2, 0) is 0 Å². The molecule has 0 N–H and O–H groups in total. The van der Waals surface area contributed by atoms with E-state index in [0.717, 1.165) is 0 Å². The highest BCUT2D eigenvalue weighted by Gasteiger charge is 2.78. The van der Waals surface area contributed by atoms with E-state index in [-0.39, 0.29) is 0 Å². The third-order valence-corrected chi connectivity index (χ3v) is 4.33. The molecule has 4 aliphatic rings. The van der Waals surface area contributed by atoms with E-state index in [2.05, 4.69) is 0 Å². The lowest BCUT2D eigenvalue weighted by molar-refractivity contribution is 0.457. The van der Waals surface area contributed by atoms with Crippen molar-refractivity contribution >= 4 is 0 Å². The van der Waals surface area contributed by atoms with E-state index in [9.17, 15) is 0 Å². The summed E-state index contributed by atoms with van der Waals surface area (Å²) in [6.45, 7) is 0. The second-order valence-corrected chi connectivity index (χ2v) is 4.28. The maximum absolute atomic E-state index is 1.66. The molecule has 4 aliphatic carbocycles. The highest BCUT2D eigenvalue weighted by atomic mass is 14.8. The molecule has 0 aromatic rings. The minimum atomic E-state index is 1.27. The van der Waals surface area contributed by atoms with Crippen LogP contribution >= 0.6 is 0 Å². The molecule has 4 rings (SSSR count). The Balaban J connectivity index is 2.04. The van der Waals surface area contributed by atoms with Gasteiger partial charge in [0.05, 0.1) is 0 Å². The molecule has 0 heteroatoms. The van der Waals surface area contributed by atoms with Crippen LogP contribution in [0.1, 0.15) is 12.8 Å². The lowest BCUT2D eigenvalue weighted by Crippen LogP contribution is -1.95. The number of fused-ring (bicyclic) bond motifs is 2. The fourth-order valence-electron chi connectivity index (χ4n) is 4.05. The highest BCUT2D eigenvalue weighted by Crippen LogP contribution is 2.84. The third-order valence-electron chi connectivity index (χ3n) is 4.33. The Bertz CT molecular complexity index is 137. The molecule has 0 saturated heterocycles. The van der Waals surface area contributed by atoms with Crippen LogP contribution in [0, 0.1) is 35.5 Å². The second-order valence-electron chi connectivity index (χ2n) is 4.28. The fraction of sp³-hybridized carbons (Fsp3) is 1.00. The smallest absolute Gasteiger partial charge is 0.0318 e. The van der Waals surface area contributed by atoms with Crippen molar-refractivity contribution in [3.05, 3.63) is 0 Å². The maximum Gasteiger partial charge on any atom is -0.0318 e. The summed E-state index contributed by atoms with van der Waals surface area (Å²) in [6.07, 6.45) is 3.31. The average molecular weight is 106 g/mol. The summed E-state index contributed by atoms with van der Waals surface area (Å²) in [5.41, 5.74) is 0. The van der Waals surface area contributed by atoms with Gasteiger partial charge in [-0.25, -0.2) is 0 Å². The predicted octanol–water partition coefficient (Wildman–Crippen LogP) is 1.52. The molecule has 0 spiro atoms. The summed E-state index contributed by atoms with van der Waals surface area (Å²) in [4.78, 5) is 0. The maximum atomic E-state index is 1.66. The van der Waals surface area contributed by atoms with E-state index in [1.165, 1.54) is 35.5 Å². The van der Waals surface area contributed by atoms with Gasteiger partial charge in [-0.2, -0.15) is 0 Å². The molecule has 0 heterocycles. The van der Waals surface area contributed by atoms with E-state index >= 15 is 0 Å². The molecule has 4 fully saturated rings. The first-order valence-corrected chi connectivity index (χ1v) is 3.97. The Morgan fingerprint density at radius 2 is 1.00 bits per heavy atom. The predicted molar refractivity (Wildman–Crippen MR) is 30.2 cm³/mol. The Hall–Kier alpha value is 0. The molecule has 6 atom stereocenters.